The number of aromatic nitrogens is 2. The molecule has 8 nitrogen and oxygen atoms in total. The van der Waals surface area contributed by atoms with E-state index in [2.05, 4.69) is 15.5 Å². The second-order valence-corrected chi connectivity index (χ2v) is 8.17. The summed E-state index contributed by atoms with van der Waals surface area (Å²) in [7, 11) is -3.56. The number of piperidine rings is 1. The second kappa shape index (κ2) is 7.55. The molecule has 0 unspecified atom stereocenters. The van der Waals surface area contributed by atoms with Gasteiger partial charge in [0.1, 0.15) is 0 Å². The lowest BCUT2D eigenvalue weighted by Gasteiger charge is -2.34. The maximum absolute atomic E-state index is 12.9. The summed E-state index contributed by atoms with van der Waals surface area (Å²) in [5.41, 5.74) is 0.311. The highest BCUT2D eigenvalue weighted by Crippen LogP contribution is 2.27. The summed E-state index contributed by atoms with van der Waals surface area (Å²) in [5, 5.41) is 9.80. The topological polar surface area (TPSA) is 105 Å². The van der Waals surface area contributed by atoms with Crippen LogP contribution in [0.4, 0.5) is 6.01 Å². The van der Waals surface area contributed by atoms with Crippen molar-refractivity contribution in [2.75, 3.05) is 11.9 Å². The van der Waals surface area contributed by atoms with Crippen LogP contribution in [-0.4, -0.2) is 41.4 Å². The first-order valence-corrected chi connectivity index (χ1v) is 10.1. The fraction of sp³-hybridized carbons (Fsp3) is 0.471. The van der Waals surface area contributed by atoms with Crippen LogP contribution in [0.25, 0.3) is 0 Å². The lowest BCUT2D eigenvalue weighted by Crippen LogP contribution is -2.43. The average molecular weight is 378 g/mol. The molecule has 0 aliphatic carbocycles. The molecule has 1 aliphatic heterocycles. The number of carbonyl (C=O) groups excluding carboxylic acids is 1. The molecule has 1 N–H and O–H groups in total. The normalized spacial score (nSPS) is 18.6. The van der Waals surface area contributed by atoms with Crippen molar-refractivity contribution < 1.29 is 17.6 Å². The first-order valence-electron chi connectivity index (χ1n) is 8.65. The molecule has 9 heteroatoms. The minimum Gasteiger partial charge on any atom is -0.408 e. The van der Waals surface area contributed by atoms with Gasteiger partial charge in [-0.05, 0) is 43.5 Å². The van der Waals surface area contributed by atoms with Crippen molar-refractivity contribution in [2.24, 2.45) is 0 Å². The van der Waals surface area contributed by atoms with Crippen molar-refractivity contribution in [3.8, 4) is 0 Å². The summed E-state index contributed by atoms with van der Waals surface area (Å²) >= 11 is 0. The highest BCUT2D eigenvalue weighted by molar-refractivity contribution is 7.89. The predicted octanol–water partition coefficient (Wildman–Crippen LogP) is 2.58. The number of hydrogen-bond donors (Lipinski definition) is 1. The molecule has 3 rings (SSSR count). The lowest BCUT2D eigenvalue weighted by molar-refractivity contribution is 0.102. The minimum atomic E-state index is -3.56. The molecular formula is C17H22N4O4S. The molecule has 1 aliphatic rings. The zero-order valence-electron chi connectivity index (χ0n) is 14.8. The smallest absolute Gasteiger partial charge is 0.322 e. The first-order chi connectivity index (χ1) is 12.4. The molecule has 140 valence electrons. The molecule has 26 heavy (non-hydrogen) atoms. The van der Waals surface area contributed by atoms with E-state index in [4.69, 9.17) is 4.42 Å². The van der Waals surface area contributed by atoms with Gasteiger partial charge in [0.2, 0.25) is 15.9 Å². The number of amides is 1. The van der Waals surface area contributed by atoms with E-state index in [-0.39, 0.29) is 17.0 Å². The third-order valence-electron chi connectivity index (χ3n) is 4.51. The van der Waals surface area contributed by atoms with E-state index in [0.717, 1.165) is 25.7 Å². The number of carbonyl (C=O) groups is 1. The van der Waals surface area contributed by atoms with Crippen molar-refractivity contribution in [1.29, 1.82) is 0 Å². The molecule has 0 bridgehead atoms. The maximum Gasteiger partial charge on any atom is 0.322 e. The zero-order chi connectivity index (χ0) is 18.7. The van der Waals surface area contributed by atoms with Crippen molar-refractivity contribution >= 4 is 21.9 Å². The molecule has 0 spiro atoms. The van der Waals surface area contributed by atoms with Crippen molar-refractivity contribution in [2.45, 2.75) is 50.5 Å². The molecule has 1 saturated heterocycles. The highest BCUT2D eigenvalue weighted by Gasteiger charge is 2.32. The molecule has 0 radical (unpaired) electrons. The van der Waals surface area contributed by atoms with Gasteiger partial charge < -0.3 is 4.42 Å². The summed E-state index contributed by atoms with van der Waals surface area (Å²) in [6, 6.07) is 5.93. The number of aryl methyl sites for hydroxylation is 1. The summed E-state index contributed by atoms with van der Waals surface area (Å²) in [6.07, 6.45) is 3.61. The van der Waals surface area contributed by atoms with Crippen LogP contribution in [-0.2, 0) is 10.0 Å². The number of benzene rings is 1. The number of anilines is 1. The predicted molar refractivity (Wildman–Crippen MR) is 95.3 cm³/mol. The van der Waals surface area contributed by atoms with Gasteiger partial charge in [0, 0.05) is 25.1 Å². The van der Waals surface area contributed by atoms with E-state index >= 15 is 0 Å². The Kier molecular flexibility index (Phi) is 5.38. The summed E-state index contributed by atoms with van der Waals surface area (Å²) in [6.45, 7) is 4.16. The Balaban J connectivity index is 1.76. The van der Waals surface area contributed by atoms with Crippen LogP contribution in [0.15, 0.2) is 33.6 Å². The van der Waals surface area contributed by atoms with Crippen LogP contribution in [0.5, 0.6) is 0 Å². The van der Waals surface area contributed by atoms with E-state index in [9.17, 15) is 13.2 Å². The van der Waals surface area contributed by atoms with Gasteiger partial charge in [-0.25, -0.2) is 8.42 Å². The van der Waals surface area contributed by atoms with Crippen LogP contribution in [0.3, 0.4) is 0 Å². The van der Waals surface area contributed by atoms with Gasteiger partial charge in [0.05, 0.1) is 4.90 Å². The molecule has 0 saturated carbocycles. The van der Waals surface area contributed by atoms with Gasteiger partial charge >= 0.3 is 6.01 Å². The molecular weight excluding hydrogens is 356 g/mol. The fourth-order valence-electron chi connectivity index (χ4n) is 3.13. The largest absolute Gasteiger partial charge is 0.408 e. The quantitative estimate of drug-likeness (QED) is 0.857. The lowest BCUT2D eigenvalue weighted by atomic mass is 10.0. The van der Waals surface area contributed by atoms with Gasteiger partial charge in [0.15, 0.2) is 0 Å². The maximum atomic E-state index is 12.9. The molecule has 1 aromatic carbocycles. The van der Waals surface area contributed by atoms with E-state index in [1.807, 2.05) is 6.92 Å². The zero-order valence-corrected chi connectivity index (χ0v) is 15.6. The van der Waals surface area contributed by atoms with Crippen LogP contribution in [0.1, 0.15) is 48.9 Å². The van der Waals surface area contributed by atoms with Gasteiger partial charge in [-0.3, -0.25) is 10.1 Å². The molecule has 2 aromatic rings. The Morgan fingerprint density at radius 1 is 1.27 bits per heavy atom. The third kappa shape index (κ3) is 3.78. The van der Waals surface area contributed by atoms with Crippen LogP contribution < -0.4 is 5.32 Å². The van der Waals surface area contributed by atoms with E-state index < -0.39 is 15.9 Å². The van der Waals surface area contributed by atoms with Crippen LogP contribution >= 0.6 is 0 Å². The van der Waals surface area contributed by atoms with Crippen LogP contribution in [0, 0.1) is 6.92 Å². The molecule has 2 heterocycles. The van der Waals surface area contributed by atoms with Gasteiger partial charge in [0.25, 0.3) is 5.91 Å². The molecule has 1 atom stereocenters. The number of hydrogen-bond acceptors (Lipinski definition) is 6. The summed E-state index contributed by atoms with van der Waals surface area (Å²) < 4.78 is 32.5. The van der Waals surface area contributed by atoms with Gasteiger partial charge in [-0.15, -0.1) is 5.10 Å². The second-order valence-electron chi connectivity index (χ2n) is 6.28. The Morgan fingerprint density at radius 2 is 2.00 bits per heavy atom. The average Bonchev–Trinajstić information content (AvgIpc) is 3.06. The van der Waals surface area contributed by atoms with Crippen LogP contribution in [0.2, 0.25) is 0 Å². The van der Waals surface area contributed by atoms with E-state index in [1.54, 1.807) is 11.2 Å². The molecule has 1 fully saturated rings. The standard InChI is InChI=1S/C17H22N4O4S/c1-3-14-6-4-5-11-21(14)26(23,24)15-9-7-13(8-10-15)16(22)18-17-20-19-12(2)25-17/h7-10,14H,3-6,11H2,1-2H3,(H,18,20,22)/t14-/m0/s1. The number of nitrogens with zero attached hydrogens (tertiary/aromatic N) is 3. The Labute approximate surface area is 152 Å². The van der Waals surface area contributed by atoms with Crippen molar-refractivity contribution in [3.05, 3.63) is 35.7 Å². The molecule has 1 aromatic heterocycles. The minimum absolute atomic E-state index is 0.00306. The SMILES string of the molecule is CC[C@H]1CCCCN1S(=O)(=O)c1ccc(C(=O)Nc2nnc(C)o2)cc1. The van der Waals surface area contributed by atoms with Crippen molar-refractivity contribution in [1.82, 2.24) is 14.5 Å². The number of rotatable bonds is 5. The van der Waals surface area contributed by atoms with Crippen molar-refractivity contribution in [3.63, 3.8) is 0 Å². The summed E-state index contributed by atoms with van der Waals surface area (Å²) in [4.78, 5) is 12.4. The third-order valence-corrected chi connectivity index (χ3v) is 6.48. The Bertz CT molecular complexity index is 876. The number of sulfonamides is 1. The van der Waals surface area contributed by atoms with Gasteiger partial charge in [-0.1, -0.05) is 18.4 Å². The number of nitrogens with one attached hydrogen (secondary N) is 1. The van der Waals surface area contributed by atoms with Gasteiger partial charge in [-0.2, -0.15) is 4.31 Å². The monoisotopic (exact) mass is 378 g/mol. The Morgan fingerprint density at radius 3 is 2.62 bits per heavy atom. The fourth-order valence-corrected chi connectivity index (χ4v) is 4.90. The van der Waals surface area contributed by atoms with E-state index in [1.165, 1.54) is 24.3 Å². The highest BCUT2D eigenvalue weighted by atomic mass is 32.2. The summed E-state index contributed by atoms with van der Waals surface area (Å²) in [5.74, 6) is -0.101. The van der Waals surface area contributed by atoms with E-state index in [0.29, 0.717) is 18.0 Å². The Hall–Kier alpha value is -2.26. The molecule has 1 amide bonds. The first kappa shape index (κ1) is 18.5.